The number of aliphatic carboxylic acids is 1. The smallest absolute Gasteiger partial charge is 0.306 e. The number of rotatable bonds is 5. The first-order valence-electron chi connectivity index (χ1n) is 8.27. The summed E-state index contributed by atoms with van der Waals surface area (Å²) in [6.45, 7) is 4.80. The number of carbonyl (C=O) groups excluding carboxylic acids is 1. The van der Waals surface area contributed by atoms with Crippen molar-refractivity contribution >= 4 is 11.9 Å². The van der Waals surface area contributed by atoms with Crippen LogP contribution >= 0.6 is 0 Å². The Morgan fingerprint density at radius 2 is 1.71 bits per heavy atom. The molecule has 0 aromatic heterocycles. The van der Waals surface area contributed by atoms with Crippen molar-refractivity contribution in [3.05, 3.63) is 0 Å². The van der Waals surface area contributed by atoms with Crippen LogP contribution in [0.5, 0.6) is 0 Å². The maximum atomic E-state index is 12.1. The number of carbonyl (C=O) groups is 2. The maximum absolute atomic E-state index is 12.1. The van der Waals surface area contributed by atoms with Crippen molar-refractivity contribution in [1.82, 2.24) is 10.2 Å². The second kappa shape index (κ2) is 7.78. The Morgan fingerprint density at radius 1 is 1.10 bits per heavy atom. The van der Waals surface area contributed by atoms with E-state index in [0.717, 1.165) is 12.5 Å². The van der Waals surface area contributed by atoms with Crippen LogP contribution < -0.4 is 5.32 Å². The molecule has 2 fully saturated rings. The van der Waals surface area contributed by atoms with Gasteiger partial charge in [0.05, 0.1) is 12.5 Å². The van der Waals surface area contributed by atoms with Crippen LogP contribution in [0.2, 0.25) is 0 Å². The zero-order valence-corrected chi connectivity index (χ0v) is 13.0. The van der Waals surface area contributed by atoms with E-state index >= 15 is 0 Å². The van der Waals surface area contributed by atoms with Gasteiger partial charge in [-0.25, -0.2) is 0 Å². The summed E-state index contributed by atoms with van der Waals surface area (Å²) in [7, 11) is 0. The molecular formula is C16H28N2O3. The summed E-state index contributed by atoms with van der Waals surface area (Å²) in [6, 6.07) is 0. The molecule has 0 unspecified atom stereocenters. The molecule has 5 nitrogen and oxygen atoms in total. The van der Waals surface area contributed by atoms with Crippen LogP contribution in [-0.4, -0.2) is 48.1 Å². The fourth-order valence-corrected chi connectivity index (χ4v) is 3.40. The van der Waals surface area contributed by atoms with Crippen LogP contribution in [0.1, 0.15) is 45.4 Å². The molecule has 0 radical (unpaired) electrons. The van der Waals surface area contributed by atoms with Gasteiger partial charge in [-0.1, -0.05) is 19.8 Å². The number of carboxylic acids is 1. The standard InChI is InChI=1S/C16H28N2O3/c1-12-2-4-13(5-3-12)10-17-11-15(19)18-8-6-14(7-9-18)16(20)21/h12-14,17H,2-11H2,1H3,(H,20,21). The minimum Gasteiger partial charge on any atom is -0.481 e. The lowest BCUT2D eigenvalue weighted by Gasteiger charge is -2.31. The molecule has 1 aliphatic carbocycles. The van der Waals surface area contributed by atoms with Crippen LogP contribution in [0.15, 0.2) is 0 Å². The Balaban J connectivity index is 1.61. The molecule has 2 rings (SSSR count). The molecular weight excluding hydrogens is 268 g/mol. The minimum absolute atomic E-state index is 0.114. The predicted molar refractivity (Wildman–Crippen MR) is 80.9 cm³/mol. The molecule has 21 heavy (non-hydrogen) atoms. The molecule has 2 aliphatic rings. The van der Waals surface area contributed by atoms with Gasteiger partial charge in [0, 0.05) is 13.1 Å². The van der Waals surface area contributed by atoms with Gasteiger partial charge in [0.15, 0.2) is 0 Å². The van der Waals surface area contributed by atoms with E-state index in [1.54, 1.807) is 4.90 Å². The number of piperidine rings is 1. The van der Waals surface area contributed by atoms with Gasteiger partial charge >= 0.3 is 5.97 Å². The van der Waals surface area contributed by atoms with Crippen molar-refractivity contribution in [2.45, 2.75) is 45.4 Å². The third kappa shape index (κ3) is 4.99. The zero-order valence-electron chi connectivity index (χ0n) is 13.0. The number of nitrogens with one attached hydrogen (secondary N) is 1. The first-order chi connectivity index (χ1) is 10.1. The predicted octanol–water partition coefficient (Wildman–Crippen LogP) is 1.73. The molecule has 120 valence electrons. The van der Waals surface area contributed by atoms with E-state index < -0.39 is 5.97 Å². The summed E-state index contributed by atoms with van der Waals surface area (Å²) in [5.41, 5.74) is 0. The highest BCUT2D eigenvalue weighted by molar-refractivity contribution is 5.78. The third-order valence-electron chi connectivity index (χ3n) is 5.04. The van der Waals surface area contributed by atoms with Gasteiger partial charge in [-0.2, -0.15) is 0 Å². The molecule has 1 heterocycles. The van der Waals surface area contributed by atoms with Gasteiger partial charge in [0.25, 0.3) is 0 Å². The number of carboxylic acid groups (broad SMARTS) is 1. The SMILES string of the molecule is CC1CCC(CNCC(=O)N2CCC(C(=O)O)CC2)CC1. The highest BCUT2D eigenvalue weighted by Gasteiger charge is 2.26. The molecule has 5 heteroatoms. The summed E-state index contributed by atoms with van der Waals surface area (Å²) < 4.78 is 0. The van der Waals surface area contributed by atoms with Crippen molar-refractivity contribution in [2.24, 2.45) is 17.8 Å². The van der Waals surface area contributed by atoms with Crippen LogP contribution in [0.25, 0.3) is 0 Å². The van der Waals surface area contributed by atoms with Crippen LogP contribution in [0.4, 0.5) is 0 Å². The van der Waals surface area contributed by atoms with Gasteiger partial charge in [-0.05, 0) is 44.1 Å². The first-order valence-corrected chi connectivity index (χ1v) is 8.27. The highest BCUT2D eigenvalue weighted by Crippen LogP contribution is 2.27. The molecule has 1 saturated carbocycles. The summed E-state index contributed by atoms with van der Waals surface area (Å²) in [5.74, 6) is 0.686. The van der Waals surface area contributed by atoms with Crippen molar-refractivity contribution < 1.29 is 14.7 Å². The number of amides is 1. The Labute approximate surface area is 127 Å². The normalized spacial score (nSPS) is 27.6. The average molecular weight is 296 g/mol. The lowest BCUT2D eigenvalue weighted by molar-refractivity contribution is -0.145. The van der Waals surface area contributed by atoms with E-state index in [1.165, 1.54) is 25.7 Å². The molecule has 1 aliphatic heterocycles. The third-order valence-corrected chi connectivity index (χ3v) is 5.04. The summed E-state index contributed by atoms with van der Waals surface area (Å²) >= 11 is 0. The average Bonchev–Trinajstić information content (AvgIpc) is 2.49. The van der Waals surface area contributed by atoms with Crippen molar-refractivity contribution in [3.8, 4) is 0 Å². The number of nitrogens with zero attached hydrogens (tertiary/aromatic N) is 1. The zero-order chi connectivity index (χ0) is 15.2. The van der Waals surface area contributed by atoms with E-state index in [9.17, 15) is 9.59 Å². The van der Waals surface area contributed by atoms with Crippen LogP contribution in [0.3, 0.4) is 0 Å². The lowest BCUT2D eigenvalue weighted by atomic mass is 9.83. The molecule has 1 amide bonds. The quantitative estimate of drug-likeness (QED) is 0.810. The molecule has 0 aromatic rings. The second-order valence-electron chi connectivity index (χ2n) is 6.75. The van der Waals surface area contributed by atoms with Gasteiger partial charge < -0.3 is 15.3 Å². The number of hydrogen-bond donors (Lipinski definition) is 2. The molecule has 1 saturated heterocycles. The van der Waals surface area contributed by atoms with Gasteiger partial charge in [-0.3, -0.25) is 9.59 Å². The Kier molecular flexibility index (Phi) is 6.03. The monoisotopic (exact) mass is 296 g/mol. The van der Waals surface area contributed by atoms with E-state index in [1.807, 2.05) is 0 Å². The molecule has 0 spiro atoms. The molecule has 0 aromatic carbocycles. The Morgan fingerprint density at radius 3 is 2.29 bits per heavy atom. The number of likely N-dealkylation sites (tertiary alicyclic amines) is 1. The van der Waals surface area contributed by atoms with Crippen molar-refractivity contribution in [3.63, 3.8) is 0 Å². The van der Waals surface area contributed by atoms with Crippen molar-refractivity contribution in [2.75, 3.05) is 26.2 Å². The van der Waals surface area contributed by atoms with E-state index in [0.29, 0.717) is 38.4 Å². The summed E-state index contributed by atoms with van der Waals surface area (Å²) in [6.07, 6.45) is 6.33. The fourth-order valence-electron chi connectivity index (χ4n) is 3.40. The summed E-state index contributed by atoms with van der Waals surface area (Å²) in [4.78, 5) is 24.8. The minimum atomic E-state index is -0.730. The first kappa shape index (κ1) is 16.3. The topological polar surface area (TPSA) is 69.6 Å². The Hall–Kier alpha value is -1.10. The Bertz CT molecular complexity index is 357. The van der Waals surface area contributed by atoms with Gasteiger partial charge in [0.1, 0.15) is 0 Å². The second-order valence-corrected chi connectivity index (χ2v) is 6.75. The van der Waals surface area contributed by atoms with E-state index in [4.69, 9.17) is 5.11 Å². The molecule has 2 N–H and O–H groups in total. The lowest BCUT2D eigenvalue weighted by Crippen LogP contribution is -2.44. The van der Waals surface area contributed by atoms with Crippen LogP contribution in [-0.2, 0) is 9.59 Å². The molecule has 0 atom stereocenters. The maximum Gasteiger partial charge on any atom is 0.306 e. The summed E-state index contributed by atoms with van der Waals surface area (Å²) in [5, 5.41) is 12.2. The van der Waals surface area contributed by atoms with Gasteiger partial charge in [-0.15, -0.1) is 0 Å². The fraction of sp³-hybridized carbons (Fsp3) is 0.875. The van der Waals surface area contributed by atoms with E-state index in [-0.39, 0.29) is 11.8 Å². The van der Waals surface area contributed by atoms with E-state index in [2.05, 4.69) is 12.2 Å². The largest absolute Gasteiger partial charge is 0.481 e. The highest BCUT2D eigenvalue weighted by atomic mass is 16.4. The molecule has 0 bridgehead atoms. The van der Waals surface area contributed by atoms with Crippen LogP contribution in [0, 0.1) is 17.8 Å². The van der Waals surface area contributed by atoms with Gasteiger partial charge in [0.2, 0.25) is 5.91 Å². The van der Waals surface area contributed by atoms with Crippen molar-refractivity contribution in [1.29, 1.82) is 0 Å². The number of hydrogen-bond acceptors (Lipinski definition) is 3.